The van der Waals surface area contributed by atoms with Crippen molar-refractivity contribution in [2.45, 2.75) is 11.8 Å². The van der Waals surface area contributed by atoms with Gasteiger partial charge >= 0.3 is 11.9 Å². The Morgan fingerprint density at radius 3 is 1.45 bits per heavy atom. The predicted octanol–water partition coefficient (Wildman–Crippen LogP) is 2.64. The Morgan fingerprint density at radius 2 is 1.00 bits per heavy atom. The third kappa shape index (κ3) is 1.32. The van der Waals surface area contributed by atoms with Gasteiger partial charge in [-0.1, -0.05) is 36.4 Å². The molecule has 22 heavy (non-hydrogen) atoms. The van der Waals surface area contributed by atoms with Gasteiger partial charge in [0, 0.05) is 11.8 Å². The van der Waals surface area contributed by atoms with Crippen LogP contribution in [0, 0.1) is 11.8 Å². The monoisotopic (exact) mass is 292 g/mol. The van der Waals surface area contributed by atoms with Crippen LogP contribution in [0.1, 0.15) is 23.0 Å². The van der Waals surface area contributed by atoms with Crippen molar-refractivity contribution in [1.29, 1.82) is 0 Å². The standard InChI is InChI=1S/C18H12O4/c19-17-15-13(9-5-1-3-7-11(9)21-17)14-10-6-2-4-8-12(10)22-18(20)16(14)15/h1-8,13-16H/t13-,14-,15+,16+/m0/s1. The number of carbonyl (C=O) groups is 2. The minimum Gasteiger partial charge on any atom is -0.426 e. The fraction of sp³-hybridized carbons (Fsp3) is 0.222. The second-order valence-corrected chi connectivity index (χ2v) is 6.02. The van der Waals surface area contributed by atoms with Crippen molar-refractivity contribution in [1.82, 2.24) is 0 Å². The number of fused-ring (bicyclic) bond motifs is 8. The van der Waals surface area contributed by atoms with Crippen LogP contribution in [0.4, 0.5) is 0 Å². The lowest BCUT2D eigenvalue weighted by molar-refractivity contribution is -0.165. The fourth-order valence-electron chi connectivity index (χ4n) is 4.16. The van der Waals surface area contributed by atoms with E-state index in [2.05, 4.69) is 0 Å². The van der Waals surface area contributed by atoms with Crippen LogP contribution in [0.15, 0.2) is 48.5 Å². The molecule has 0 radical (unpaired) electrons. The molecule has 3 aliphatic rings. The molecule has 0 saturated heterocycles. The average molecular weight is 292 g/mol. The predicted molar refractivity (Wildman–Crippen MR) is 76.6 cm³/mol. The van der Waals surface area contributed by atoms with Crippen LogP contribution in [0.3, 0.4) is 0 Å². The summed E-state index contributed by atoms with van der Waals surface area (Å²) >= 11 is 0. The van der Waals surface area contributed by atoms with Gasteiger partial charge < -0.3 is 9.47 Å². The van der Waals surface area contributed by atoms with Crippen molar-refractivity contribution >= 4 is 11.9 Å². The van der Waals surface area contributed by atoms with E-state index in [0.717, 1.165) is 11.1 Å². The molecule has 1 aliphatic carbocycles. The lowest BCUT2D eigenvalue weighted by atomic mass is 9.51. The molecule has 4 atom stereocenters. The highest BCUT2D eigenvalue weighted by atomic mass is 16.5. The Hall–Kier alpha value is -2.62. The highest BCUT2D eigenvalue weighted by Crippen LogP contribution is 2.64. The van der Waals surface area contributed by atoms with E-state index in [9.17, 15) is 9.59 Å². The topological polar surface area (TPSA) is 52.6 Å². The number of para-hydroxylation sites is 2. The number of carbonyl (C=O) groups excluding carboxylic acids is 2. The maximum Gasteiger partial charge on any atom is 0.315 e. The molecule has 2 aromatic rings. The number of benzene rings is 2. The van der Waals surface area contributed by atoms with Crippen molar-refractivity contribution in [3.8, 4) is 11.5 Å². The van der Waals surface area contributed by atoms with Gasteiger partial charge in [0.15, 0.2) is 0 Å². The van der Waals surface area contributed by atoms with Crippen LogP contribution in [0.2, 0.25) is 0 Å². The smallest absolute Gasteiger partial charge is 0.315 e. The van der Waals surface area contributed by atoms with Crippen LogP contribution in [0.5, 0.6) is 11.5 Å². The first-order valence-electron chi connectivity index (χ1n) is 7.37. The normalized spacial score (nSPS) is 30.7. The number of hydrogen-bond donors (Lipinski definition) is 0. The van der Waals surface area contributed by atoms with Crippen molar-refractivity contribution < 1.29 is 19.1 Å². The van der Waals surface area contributed by atoms with Crippen molar-refractivity contribution in [2.24, 2.45) is 11.8 Å². The molecule has 0 N–H and O–H groups in total. The van der Waals surface area contributed by atoms with Crippen molar-refractivity contribution in [3.05, 3.63) is 59.7 Å². The lowest BCUT2D eigenvalue weighted by Gasteiger charge is -2.53. The molecule has 0 aromatic heterocycles. The molecule has 5 rings (SSSR count). The number of rotatable bonds is 0. The van der Waals surface area contributed by atoms with Gasteiger partial charge in [-0.25, -0.2) is 0 Å². The van der Waals surface area contributed by atoms with E-state index in [1.54, 1.807) is 0 Å². The first-order chi connectivity index (χ1) is 10.8. The summed E-state index contributed by atoms with van der Waals surface area (Å²) in [5.74, 6) is -0.274. The Kier molecular flexibility index (Phi) is 2.16. The zero-order valence-electron chi connectivity index (χ0n) is 11.6. The van der Waals surface area contributed by atoms with Crippen LogP contribution in [0.25, 0.3) is 0 Å². The molecular weight excluding hydrogens is 280 g/mol. The quantitative estimate of drug-likeness (QED) is 0.553. The van der Waals surface area contributed by atoms with Crippen LogP contribution in [-0.2, 0) is 9.59 Å². The maximum atomic E-state index is 12.3. The van der Waals surface area contributed by atoms with E-state index in [0.29, 0.717) is 11.5 Å². The average Bonchev–Trinajstić information content (AvgIpc) is 2.49. The summed E-state index contributed by atoms with van der Waals surface area (Å²) in [6.45, 7) is 0. The molecule has 1 fully saturated rings. The molecule has 0 bridgehead atoms. The van der Waals surface area contributed by atoms with E-state index in [1.165, 1.54) is 0 Å². The van der Waals surface area contributed by atoms with Gasteiger partial charge in [-0.3, -0.25) is 9.59 Å². The Bertz CT molecular complexity index is 756. The summed E-state index contributed by atoms with van der Waals surface area (Å²) in [5, 5.41) is 0. The molecule has 0 amide bonds. The first kappa shape index (κ1) is 12.0. The van der Waals surface area contributed by atoms with Gasteiger partial charge in [0.05, 0.1) is 11.8 Å². The molecule has 0 spiro atoms. The van der Waals surface area contributed by atoms with Crippen LogP contribution >= 0.6 is 0 Å². The van der Waals surface area contributed by atoms with Crippen LogP contribution in [-0.4, -0.2) is 11.9 Å². The second-order valence-electron chi connectivity index (χ2n) is 6.02. The number of esters is 2. The summed E-state index contributed by atoms with van der Waals surface area (Å²) in [5.41, 5.74) is 2.02. The minimum absolute atomic E-state index is 0.00329. The third-order valence-corrected chi connectivity index (χ3v) is 5.07. The first-order valence-corrected chi connectivity index (χ1v) is 7.37. The fourth-order valence-corrected chi connectivity index (χ4v) is 4.16. The molecule has 4 nitrogen and oxygen atoms in total. The largest absolute Gasteiger partial charge is 0.426 e. The van der Waals surface area contributed by atoms with E-state index in [1.807, 2.05) is 48.5 Å². The number of ether oxygens (including phenoxy) is 2. The molecule has 2 aromatic carbocycles. The molecule has 108 valence electrons. The Labute approximate surface area is 126 Å². The summed E-state index contributed by atoms with van der Waals surface area (Å²) in [4.78, 5) is 24.6. The number of hydrogen-bond acceptors (Lipinski definition) is 4. The maximum absolute atomic E-state index is 12.3. The summed E-state index contributed by atoms with van der Waals surface area (Å²) in [6, 6.07) is 15.2. The van der Waals surface area contributed by atoms with Gasteiger partial charge in [-0.15, -0.1) is 0 Å². The van der Waals surface area contributed by atoms with Crippen molar-refractivity contribution in [3.63, 3.8) is 0 Å². The van der Waals surface area contributed by atoms with E-state index in [-0.39, 0.29) is 23.8 Å². The zero-order valence-corrected chi connectivity index (χ0v) is 11.6. The summed E-state index contributed by atoms with van der Waals surface area (Å²) in [6.07, 6.45) is 0. The van der Waals surface area contributed by atoms with Gasteiger partial charge in [0.1, 0.15) is 11.5 Å². The molecule has 0 unspecified atom stereocenters. The SMILES string of the molecule is O=C1Oc2ccccc2[C@@H]2[C@@H]1[C@@H]1C(=O)Oc3ccccc3[C@H]12. The summed E-state index contributed by atoms with van der Waals surface area (Å²) < 4.78 is 10.8. The molecular formula is C18H12O4. The molecule has 2 heterocycles. The Balaban J connectivity index is 1.71. The minimum atomic E-state index is -0.430. The van der Waals surface area contributed by atoms with Gasteiger partial charge in [-0.2, -0.15) is 0 Å². The Morgan fingerprint density at radius 1 is 0.591 bits per heavy atom. The summed E-state index contributed by atoms with van der Waals surface area (Å²) in [7, 11) is 0. The highest BCUT2D eigenvalue weighted by Gasteiger charge is 2.64. The second kappa shape index (κ2) is 3.97. The zero-order chi connectivity index (χ0) is 14.8. The molecule has 4 heteroatoms. The lowest BCUT2D eigenvalue weighted by Crippen LogP contribution is -2.57. The van der Waals surface area contributed by atoms with E-state index < -0.39 is 11.8 Å². The molecule has 2 aliphatic heterocycles. The van der Waals surface area contributed by atoms with Gasteiger partial charge in [0.2, 0.25) is 0 Å². The van der Waals surface area contributed by atoms with Crippen LogP contribution < -0.4 is 9.47 Å². The third-order valence-electron chi connectivity index (χ3n) is 5.07. The van der Waals surface area contributed by atoms with Gasteiger partial charge in [-0.05, 0) is 23.3 Å². The van der Waals surface area contributed by atoms with Gasteiger partial charge in [0.25, 0.3) is 0 Å². The molecule has 1 saturated carbocycles. The van der Waals surface area contributed by atoms with Crippen molar-refractivity contribution in [2.75, 3.05) is 0 Å². The van der Waals surface area contributed by atoms with E-state index in [4.69, 9.17) is 9.47 Å². The van der Waals surface area contributed by atoms with E-state index >= 15 is 0 Å². The highest BCUT2D eigenvalue weighted by molar-refractivity contribution is 5.92.